The lowest BCUT2D eigenvalue weighted by Gasteiger charge is -2.17. The lowest BCUT2D eigenvalue weighted by atomic mass is 10.0. The molecule has 0 saturated carbocycles. The molecule has 102 valence electrons. The number of hydrogen-bond donors (Lipinski definition) is 1. The highest BCUT2D eigenvalue weighted by molar-refractivity contribution is 9.10. The zero-order valence-corrected chi connectivity index (χ0v) is 13.6. The number of nitrogens with one attached hydrogen (secondary N) is 1. The molecule has 19 heavy (non-hydrogen) atoms. The molecule has 0 amide bonds. The predicted octanol–water partition coefficient (Wildman–Crippen LogP) is 5.03. The molecular formula is C14H14Br2FNO. The highest BCUT2D eigenvalue weighted by Gasteiger charge is 2.20. The molecule has 2 aromatic rings. The van der Waals surface area contributed by atoms with E-state index < -0.39 is 0 Å². The van der Waals surface area contributed by atoms with Crippen molar-refractivity contribution in [2.45, 2.75) is 19.4 Å². The third kappa shape index (κ3) is 3.68. The number of rotatable bonds is 5. The SMILES string of the molecule is CCCNC(c1ccc(Br)o1)c1cc(Br)ccc1F. The fraction of sp³-hybridized carbons (Fsp3) is 0.286. The molecule has 0 radical (unpaired) electrons. The first-order valence-electron chi connectivity index (χ1n) is 6.05. The molecule has 0 saturated heterocycles. The molecule has 1 N–H and O–H groups in total. The van der Waals surface area contributed by atoms with Gasteiger partial charge in [0.2, 0.25) is 0 Å². The Kier molecular flexibility index (Phi) is 5.19. The smallest absolute Gasteiger partial charge is 0.169 e. The number of furan rings is 1. The van der Waals surface area contributed by atoms with Crippen molar-refractivity contribution in [1.29, 1.82) is 0 Å². The van der Waals surface area contributed by atoms with Crippen LogP contribution in [0.5, 0.6) is 0 Å². The van der Waals surface area contributed by atoms with Gasteiger partial charge in [-0.05, 0) is 59.2 Å². The van der Waals surface area contributed by atoms with Crippen LogP contribution in [0.3, 0.4) is 0 Å². The fourth-order valence-electron chi connectivity index (χ4n) is 1.87. The maximum Gasteiger partial charge on any atom is 0.169 e. The molecule has 1 aromatic carbocycles. The van der Waals surface area contributed by atoms with Crippen molar-refractivity contribution in [2.24, 2.45) is 0 Å². The summed E-state index contributed by atoms with van der Waals surface area (Å²) in [5.41, 5.74) is 0.574. The number of hydrogen-bond acceptors (Lipinski definition) is 2. The van der Waals surface area contributed by atoms with Crippen molar-refractivity contribution in [1.82, 2.24) is 5.32 Å². The molecule has 5 heteroatoms. The van der Waals surface area contributed by atoms with E-state index >= 15 is 0 Å². The van der Waals surface area contributed by atoms with Gasteiger partial charge in [-0.15, -0.1) is 0 Å². The largest absolute Gasteiger partial charge is 0.452 e. The molecule has 0 aliphatic carbocycles. The van der Waals surface area contributed by atoms with Gasteiger partial charge in [-0.25, -0.2) is 4.39 Å². The second-order valence-corrected chi connectivity index (χ2v) is 5.89. The molecular weight excluding hydrogens is 377 g/mol. The third-order valence-corrected chi connectivity index (χ3v) is 3.67. The Morgan fingerprint density at radius 2 is 2.05 bits per heavy atom. The van der Waals surface area contributed by atoms with Gasteiger partial charge in [0.05, 0.1) is 6.04 Å². The molecule has 2 rings (SSSR count). The average molecular weight is 391 g/mol. The van der Waals surface area contributed by atoms with Gasteiger partial charge in [0.15, 0.2) is 4.67 Å². The van der Waals surface area contributed by atoms with Gasteiger partial charge in [0, 0.05) is 10.0 Å². The summed E-state index contributed by atoms with van der Waals surface area (Å²) >= 11 is 6.65. The van der Waals surface area contributed by atoms with Crippen LogP contribution in [-0.4, -0.2) is 6.54 Å². The van der Waals surface area contributed by atoms with Crippen LogP contribution in [0.2, 0.25) is 0 Å². The quantitative estimate of drug-likeness (QED) is 0.774. The summed E-state index contributed by atoms with van der Waals surface area (Å²) in [6, 6.07) is 8.29. The van der Waals surface area contributed by atoms with Crippen LogP contribution in [0, 0.1) is 5.82 Å². The van der Waals surface area contributed by atoms with E-state index in [9.17, 15) is 4.39 Å². The van der Waals surface area contributed by atoms with Crippen LogP contribution >= 0.6 is 31.9 Å². The highest BCUT2D eigenvalue weighted by Crippen LogP contribution is 2.29. The molecule has 1 heterocycles. The summed E-state index contributed by atoms with van der Waals surface area (Å²) in [6.45, 7) is 2.86. The standard InChI is InChI=1S/C14H14Br2FNO/c1-2-7-18-14(12-5-6-13(16)19-12)10-8-9(15)3-4-11(10)17/h3-6,8,14,18H,2,7H2,1H3. The minimum Gasteiger partial charge on any atom is -0.452 e. The van der Waals surface area contributed by atoms with Crippen LogP contribution in [0.4, 0.5) is 4.39 Å². The molecule has 0 aliphatic rings. The molecule has 0 aliphatic heterocycles. The van der Waals surface area contributed by atoms with Crippen molar-refractivity contribution in [2.75, 3.05) is 6.54 Å². The van der Waals surface area contributed by atoms with Crippen molar-refractivity contribution in [3.05, 3.63) is 56.6 Å². The third-order valence-electron chi connectivity index (χ3n) is 2.75. The van der Waals surface area contributed by atoms with Crippen molar-refractivity contribution in [3.8, 4) is 0 Å². The minimum atomic E-state index is -0.288. The van der Waals surface area contributed by atoms with Gasteiger partial charge in [-0.2, -0.15) is 0 Å². The summed E-state index contributed by atoms with van der Waals surface area (Å²) in [7, 11) is 0. The molecule has 0 spiro atoms. The molecule has 0 bridgehead atoms. The molecule has 1 atom stereocenters. The van der Waals surface area contributed by atoms with E-state index in [0.717, 1.165) is 17.4 Å². The number of benzene rings is 1. The fourth-order valence-corrected chi connectivity index (χ4v) is 2.57. The Bertz CT molecular complexity index is 556. The van der Waals surface area contributed by atoms with Gasteiger partial charge in [0.25, 0.3) is 0 Å². The molecule has 2 nitrogen and oxygen atoms in total. The first-order valence-corrected chi connectivity index (χ1v) is 7.64. The summed E-state index contributed by atoms with van der Waals surface area (Å²) in [6.07, 6.45) is 0.966. The van der Waals surface area contributed by atoms with E-state index in [1.165, 1.54) is 6.07 Å². The first kappa shape index (κ1) is 14.8. The topological polar surface area (TPSA) is 25.2 Å². The molecule has 0 fully saturated rings. The Morgan fingerprint density at radius 1 is 1.26 bits per heavy atom. The van der Waals surface area contributed by atoms with Crippen LogP contribution in [0.15, 0.2) is 43.9 Å². The Hall–Kier alpha value is -0.650. The average Bonchev–Trinajstić information content (AvgIpc) is 2.80. The maximum absolute atomic E-state index is 14.0. The summed E-state index contributed by atoms with van der Waals surface area (Å²) in [4.78, 5) is 0. The first-order chi connectivity index (χ1) is 9.11. The zero-order valence-electron chi connectivity index (χ0n) is 10.4. The zero-order chi connectivity index (χ0) is 13.8. The van der Waals surface area contributed by atoms with E-state index in [-0.39, 0.29) is 11.9 Å². The van der Waals surface area contributed by atoms with Gasteiger partial charge in [-0.3, -0.25) is 0 Å². The van der Waals surface area contributed by atoms with Gasteiger partial charge >= 0.3 is 0 Å². The van der Waals surface area contributed by atoms with Crippen LogP contribution < -0.4 is 5.32 Å². The van der Waals surface area contributed by atoms with E-state index in [2.05, 4.69) is 44.1 Å². The number of halogens is 3. The summed E-state index contributed by atoms with van der Waals surface area (Å²) in [5, 5.41) is 3.31. The van der Waals surface area contributed by atoms with E-state index in [1.54, 1.807) is 12.1 Å². The second kappa shape index (κ2) is 6.68. The van der Waals surface area contributed by atoms with Crippen LogP contribution in [-0.2, 0) is 0 Å². The van der Waals surface area contributed by atoms with E-state index in [4.69, 9.17) is 4.42 Å². The summed E-state index contributed by atoms with van der Waals surface area (Å²) < 4.78 is 21.1. The Morgan fingerprint density at radius 3 is 2.68 bits per heavy atom. The maximum atomic E-state index is 14.0. The van der Waals surface area contributed by atoms with Crippen LogP contribution in [0.1, 0.15) is 30.7 Å². The highest BCUT2D eigenvalue weighted by atomic mass is 79.9. The molecule has 1 aromatic heterocycles. The van der Waals surface area contributed by atoms with Crippen molar-refractivity contribution in [3.63, 3.8) is 0 Å². The van der Waals surface area contributed by atoms with E-state index in [1.807, 2.05) is 12.1 Å². The predicted molar refractivity (Wildman–Crippen MR) is 80.6 cm³/mol. The molecule has 1 unspecified atom stereocenters. The Labute approximate surface area is 128 Å². The van der Waals surface area contributed by atoms with E-state index in [0.29, 0.717) is 16.0 Å². The monoisotopic (exact) mass is 389 g/mol. The van der Waals surface area contributed by atoms with Crippen molar-refractivity contribution >= 4 is 31.9 Å². The lowest BCUT2D eigenvalue weighted by molar-refractivity contribution is 0.424. The van der Waals surface area contributed by atoms with Gasteiger partial charge in [0.1, 0.15) is 11.6 Å². The lowest BCUT2D eigenvalue weighted by Crippen LogP contribution is -2.23. The summed E-state index contributed by atoms with van der Waals surface area (Å²) in [5.74, 6) is 0.446. The minimum absolute atomic E-state index is 0.246. The van der Waals surface area contributed by atoms with Crippen LogP contribution in [0.25, 0.3) is 0 Å². The second-order valence-electron chi connectivity index (χ2n) is 4.19. The van der Waals surface area contributed by atoms with Gasteiger partial charge < -0.3 is 9.73 Å². The van der Waals surface area contributed by atoms with Gasteiger partial charge in [-0.1, -0.05) is 22.9 Å². The normalized spacial score (nSPS) is 12.6. The Balaban J connectivity index is 2.39. The van der Waals surface area contributed by atoms with Crippen molar-refractivity contribution < 1.29 is 8.81 Å².